The van der Waals surface area contributed by atoms with Crippen LogP contribution in [-0.2, 0) is 6.54 Å². The highest BCUT2D eigenvalue weighted by molar-refractivity contribution is 6.01. The minimum atomic E-state index is -0.265. The van der Waals surface area contributed by atoms with Crippen LogP contribution in [0.5, 0.6) is 0 Å². The van der Waals surface area contributed by atoms with Gasteiger partial charge in [-0.05, 0) is 42.3 Å². The molecule has 30 heavy (non-hydrogen) atoms. The Bertz CT molecular complexity index is 1170. The fourth-order valence-electron chi connectivity index (χ4n) is 3.76. The molecule has 0 bridgehead atoms. The number of amides is 1. The first-order chi connectivity index (χ1) is 14.7. The second kappa shape index (κ2) is 7.48. The summed E-state index contributed by atoms with van der Waals surface area (Å²) in [7, 11) is 0. The highest BCUT2D eigenvalue weighted by Gasteiger charge is 2.32. The van der Waals surface area contributed by atoms with E-state index in [9.17, 15) is 4.79 Å². The minimum Gasteiger partial charge on any atom is -0.361 e. The maximum absolute atomic E-state index is 13.4. The molecule has 148 valence electrons. The number of rotatable bonds is 4. The zero-order chi connectivity index (χ0) is 20.5. The molecule has 5 rings (SSSR count). The molecule has 0 radical (unpaired) electrons. The molecule has 1 atom stereocenters. The number of para-hydroxylation sites is 1. The van der Waals surface area contributed by atoms with E-state index in [4.69, 9.17) is 0 Å². The van der Waals surface area contributed by atoms with E-state index < -0.39 is 0 Å². The van der Waals surface area contributed by atoms with Crippen LogP contribution in [0.15, 0.2) is 85.5 Å². The number of aryl methyl sites for hydroxylation is 1. The molecular formula is C24H21N5O. The monoisotopic (exact) mass is 395 g/mol. The summed E-state index contributed by atoms with van der Waals surface area (Å²) in [5, 5.41) is 7.72. The molecule has 4 aromatic rings. The van der Waals surface area contributed by atoms with Gasteiger partial charge in [0.25, 0.3) is 5.91 Å². The first kappa shape index (κ1) is 18.1. The Kier molecular flexibility index (Phi) is 4.52. The molecule has 0 aliphatic carbocycles. The molecule has 6 heteroatoms. The van der Waals surface area contributed by atoms with Crippen molar-refractivity contribution in [2.75, 3.05) is 5.32 Å². The Morgan fingerprint density at radius 1 is 0.967 bits per heavy atom. The number of aromatic nitrogens is 3. The van der Waals surface area contributed by atoms with Gasteiger partial charge in [0.2, 0.25) is 0 Å². The van der Waals surface area contributed by atoms with Crippen LogP contribution in [0.25, 0.3) is 5.69 Å². The average Bonchev–Trinajstić information content (AvgIpc) is 3.32. The molecule has 3 aromatic carbocycles. The van der Waals surface area contributed by atoms with E-state index in [2.05, 4.69) is 46.6 Å². The Balaban J connectivity index is 1.51. The van der Waals surface area contributed by atoms with Gasteiger partial charge >= 0.3 is 0 Å². The lowest BCUT2D eigenvalue weighted by Gasteiger charge is -2.38. The van der Waals surface area contributed by atoms with Crippen LogP contribution in [-0.4, -0.2) is 25.6 Å². The summed E-state index contributed by atoms with van der Waals surface area (Å²) in [5.41, 5.74) is 5.78. The van der Waals surface area contributed by atoms with Crippen LogP contribution in [0.1, 0.15) is 33.2 Å². The van der Waals surface area contributed by atoms with Gasteiger partial charge in [-0.15, -0.1) is 0 Å². The van der Waals surface area contributed by atoms with E-state index in [1.165, 1.54) is 11.9 Å². The van der Waals surface area contributed by atoms with Crippen molar-refractivity contribution in [3.63, 3.8) is 0 Å². The molecule has 1 aliphatic rings. The number of carbonyl (C=O) groups excluding carboxylic acids is 1. The topological polar surface area (TPSA) is 63.1 Å². The molecular weight excluding hydrogens is 374 g/mol. The largest absolute Gasteiger partial charge is 0.361 e. The first-order valence-electron chi connectivity index (χ1n) is 9.86. The highest BCUT2D eigenvalue weighted by atomic mass is 16.2. The van der Waals surface area contributed by atoms with Crippen LogP contribution in [0.3, 0.4) is 0 Å². The van der Waals surface area contributed by atoms with Crippen molar-refractivity contribution in [2.45, 2.75) is 19.6 Å². The van der Waals surface area contributed by atoms with Crippen molar-refractivity contribution < 1.29 is 4.79 Å². The molecule has 1 aliphatic heterocycles. The van der Waals surface area contributed by atoms with Gasteiger partial charge in [-0.3, -0.25) is 4.79 Å². The van der Waals surface area contributed by atoms with Gasteiger partial charge < -0.3 is 10.2 Å². The van der Waals surface area contributed by atoms with Crippen molar-refractivity contribution in [1.82, 2.24) is 19.7 Å². The van der Waals surface area contributed by atoms with Crippen molar-refractivity contribution in [3.05, 3.63) is 108 Å². The maximum Gasteiger partial charge on any atom is 0.258 e. The highest BCUT2D eigenvalue weighted by Crippen LogP contribution is 2.34. The van der Waals surface area contributed by atoms with Gasteiger partial charge in [-0.2, -0.15) is 5.10 Å². The zero-order valence-electron chi connectivity index (χ0n) is 16.6. The summed E-state index contributed by atoms with van der Waals surface area (Å²) < 4.78 is 1.71. The fraction of sp³-hybridized carbons (Fsp3) is 0.125. The Hall–Kier alpha value is -3.93. The lowest BCUT2D eigenvalue weighted by atomic mass is 10.0. The van der Waals surface area contributed by atoms with Gasteiger partial charge in [-0.25, -0.2) is 9.67 Å². The number of anilines is 1. The molecule has 0 spiro atoms. The summed E-state index contributed by atoms with van der Waals surface area (Å²) >= 11 is 0. The number of hydrogen-bond donors (Lipinski definition) is 1. The summed E-state index contributed by atoms with van der Waals surface area (Å²) in [4.78, 5) is 19.3. The number of carbonyl (C=O) groups is 1. The quantitative estimate of drug-likeness (QED) is 0.558. The summed E-state index contributed by atoms with van der Waals surface area (Å²) in [6.07, 6.45) is 2.91. The molecule has 1 amide bonds. The van der Waals surface area contributed by atoms with Crippen molar-refractivity contribution in [1.29, 1.82) is 0 Å². The summed E-state index contributed by atoms with van der Waals surface area (Å²) in [6.45, 7) is 2.59. The third kappa shape index (κ3) is 3.33. The van der Waals surface area contributed by atoms with Crippen molar-refractivity contribution in [2.24, 2.45) is 0 Å². The Labute approximate surface area is 174 Å². The SMILES string of the molecule is Cc1ccc(CN2C(=O)c3ccccc3NC2c2ccc(-n3cncn3)cc2)cc1. The molecule has 0 saturated heterocycles. The van der Waals surface area contributed by atoms with Gasteiger partial charge in [0.05, 0.1) is 11.3 Å². The normalized spacial score (nSPS) is 15.6. The molecule has 1 N–H and O–H groups in total. The van der Waals surface area contributed by atoms with E-state index in [1.807, 2.05) is 53.4 Å². The van der Waals surface area contributed by atoms with Crippen LogP contribution < -0.4 is 5.32 Å². The number of nitrogens with zero attached hydrogens (tertiary/aromatic N) is 4. The molecule has 1 aromatic heterocycles. The van der Waals surface area contributed by atoms with Crippen molar-refractivity contribution in [3.8, 4) is 5.69 Å². The molecule has 6 nitrogen and oxygen atoms in total. The van der Waals surface area contributed by atoms with Crippen LogP contribution in [0.4, 0.5) is 5.69 Å². The molecule has 2 heterocycles. The van der Waals surface area contributed by atoms with Gasteiger partial charge in [-0.1, -0.05) is 54.1 Å². The van der Waals surface area contributed by atoms with Crippen LogP contribution in [0, 0.1) is 6.92 Å². The first-order valence-corrected chi connectivity index (χ1v) is 9.86. The predicted octanol–water partition coefficient (Wildman–Crippen LogP) is 4.34. The predicted molar refractivity (Wildman–Crippen MR) is 115 cm³/mol. The smallest absolute Gasteiger partial charge is 0.258 e. The number of benzene rings is 3. The van der Waals surface area contributed by atoms with Crippen LogP contribution >= 0.6 is 0 Å². The van der Waals surface area contributed by atoms with Gasteiger partial charge in [0.15, 0.2) is 0 Å². The van der Waals surface area contributed by atoms with E-state index in [0.29, 0.717) is 12.1 Å². The standard InChI is InChI=1S/C24H21N5O/c1-17-6-8-18(9-7-17)14-28-23(27-22-5-3-2-4-21(22)24(28)30)19-10-12-20(13-11-19)29-16-25-15-26-29/h2-13,15-16,23,27H,14H2,1H3. The zero-order valence-corrected chi connectivity index (χ0v) is 16.6. The summed E-state index contributed by atoms with van der Waals surface area (Å²) in [6, 6.07) is 24.0. The molecule has 1 unspecified atom stereocenters. The van der Waals surface area contributed by atoms with E-state index in [0.717, 1.165) is 22.5 Å². The van der Waals surface area contributed by atoms with Crippen molar-refractivity contribution >= 4 is 11.6 Å². The van der Waals surface area contributed by atoms with E-state index in [-0.39, 0.29) is 12.1 Å². The lowest BCUT2D eigenvalue weighted by molar-refractivity contribution is 0.0666. The second-order valence-corrected chi connectivity index (χ2v) is 7.44. The number of fused-ring (bicyclic) bond motifs is 1. The van der Waals surface area contributed by atoms with Crippen LogP contribution in [0.2, 0.25) is 0 Å². The van der Waals surface area contributed by atoms with Gasteiger partial charge in [0.1, 0.15) is 18.8 Å². The maximum atomic E-state index is 13.4. The number of nitrogens with one attached hydrogen (secondary N) is 1. The Morgan fingerprint density at radius 3 is 2.47 bits per heavy atom. The van der Waals surface area contributed by atoms with E-state index in [1.54, 1.807) is 11.0 Å². The lowest BCUT2D eigenvalue weighted by Crippen LogP contribution is -2.42. The fourth-order valence-corrected chi connectivity index (χ4v) is 3.76. The number of hydrogen-bond acceptors (Lipinski definition) is 4. The second-order valence-electron chi connectivity index (χ2n) is 7.44. The molecule has 0 saturated carbocycles. The summed E-state index contributed by atoms with van der Waals surface area (Å²) in [5.74, 6) is 0.0234. The Morgan fingerprint density at radius 2 is 1.73 bits per heavy atom. The third-order valence-electron chi connectivity index (χ3n) is 5.39. The van der Waals surface area contributed by atoms with E-state index >= 15 is 0 Å². The minimum absolute atomic E-state index is 0.0234. The third-order valence-corrected chi connectivity index (χ3v) is 5.39. The average molecular weight is 395 g/mol. The van der Waals surface area contributed by atoms with Gasteiger partial charge in [0, 0.05) is 12.2 Å². The molecule has 0 fully saturated rings.